The molecule has 0 unspecified atom stereocenters. The number of piperazine rings is 1. The number of hydrogen-bond donors (Lipinski definition) is 2. The van der Waals surface area contributed by atoms with Crippen LogP contribution in [-0.2, 0) is 0 Å². The molecule has 1 fully saturated rings. The number of nitrogens with one attached hydrogen (secondary N) is 1. The van der Waals surface area contributed by atoms with Crippen molar-refractivity contribution >= 4 is 17.3 Å². The van der Waals surface area contributed by atoms with Crippen LogP contribution in [0.25, 0.3) is 0 Å². The van der Waals surface area contributed by atoms with Gasteiger partial charge in [0.25, 0.3) is 0 Å². The number of hydrogen-bond acceptors (Lipinski definition) is 3. The lowest BCUT2D eigenvalue weighted by Gasteiger charge is -2.35. The summed E-state index contributed by atoms with van der Waals surface area (Å²) >= 11 is 0. The van der Waals surface area contributed by atoms with Crippen molar-refractivity contribution < 1.29 is 4.39 Å². The first-order valence-electron chi connectivity index (χ1n) is 8.96. The van der Waals surface area contributed by atoms with Gasteiger partial charge in [-0.15, -0.1) is 0 Å². The summed E-state index contributed by atoms with van der Waals surface area (Å²) in [5, 5.41) is 3.11. The van der Waals surface area contributed by atoms with Crippen LogP contribution in [-0.4, -0.2) is 50.1 Å². The van der Waals surface area contributed by atoms with E-state index in [9.17, 15) is 4.39 Å². The number of rotatable bonds is 5. The molecular formula is C20H26FN5. The molecule has 1 heterocycles. The molecule has 0 aromatic heterocycles. The van der Waals surface area contributed by atoms with Crippen LogP contribution in [0.15, 0.2) is 53.5 Å². The zero-order valence-corrected chi connectivity index (χ0v) is 15.2. The molecule has 6 heteroatoms. The molecule has 138 valence electrons. The number of halogens is 1. The fourth-order valence-electron chi connectivity index (χ4n) is 3.02. The first kappa shape index (κ1) is 18.2. The molecule has 0 aliphatic carbocycles. The smallest absolute Gasteiger partial charge is 0.193 e. The summed E-state index contributed by atoms with van der Waals surface area (Å²) in [5.74, 6) is 0.251. The Hall–Kier alpha value is -2.60. The number of aryl methyl sites for hydroxylation is 1. The summed E-state index contributed by atoms with van der Waals surface area (Å²) in [6.45, 7) is 7.42. The number of nitrogens with zero attached hydrogens (tertiary/aromatic N) is 3. The molecular weight excluding hydrogens is 329 g/mol. The maximum Gasteiger partial charge on any atom is 0.193 e. The third kappa shape index (κ3) is 5.20. The van der Waals surface area contributed by atoms with E-state index in [1.807, 2.05) is 36.4 Å². The van der Waals surface area contributed by atoms with E-state index in [1.165, 1.54) is 17.7 Å². The van der Waals surface area contributed by atoms with Crippen molar-refractivity contribution in [1.29, 1.82) is 0 Å². The van der Waals surface area contributed by atoms with E-state index >= 15 is 0 Å². The second kappa shape index (κ2) is 8.67. The summed E-state index contributed by atoms with van der Waals surface area (Å²) in [5.41, 5.74) is 9.19. The summed E-state index contributed by atoms with van der Waals surface area (Å²) in [6, 6.07) is 14.8. The van der Waals surface area contributed by atoms with Gasteiger partial charge in [0.05, 0.1) is 6.54 Å². The van der Waals surface area contributed by atoms with Gasteiger partial charge in [0, 0.05) is 44.1 Å². The molecule has 3 rings (SSSR count). The molecule has 0 bridgehead atoms. The lowest BCUT2D eigenvalue weighted by molar-refractivity contribution is 0.265. The largest absolute Gasteiger partial charge is 0.370 e. The third-order valence-electron chi connectivity index (χ3n) is 4.59. The summed E-state index contributed by atoms with van der Waals surface area (Å²) in [6.07, 6.45) is 0. The Bertz CT molecular complexity index is 719. The minimum absolute atomic E-state index is 0.193. The zero-order valence-electron chi connectivity index (χ0n) is 15.2. The Kier molecular flexibility index (Phi) is 6.07. The summed E-state index contributed by atoms with van der Waals surface area (Å²) in [7, 11) is 0. The van der Waals surface area contributed by atoms with Gasteiger partial charge in [-0.1, -0.05) is 17.7 Å². The predicted octanol–water partition coefficient (Wildman–Crippen LogP) is 2.68. The standard InChI is InChI=1S/C20H26FN5/c1-16-2-6-18(7-3-16)24-20(22)23-10-11-25-12-14-26(15-13-25)19-8-4-17(21)5-9-19/h2-9H,10-15H2,1H3,(H3,22,23,24). The van der Waals surface area contributed by atoms with Crippen LogP contribution >= 0.6 is 0 Å². The van der Waals surface area contributed by atoms with E-state index in [0.717, 1.165) is 44.1 Å². The second-order valence-corrected chi connectivity index (χ2v) is 6.56. The topological polar surface area (TPSA) is 56.9 Å². The van der Waals surface area contributed by atoms with Gasteiger partial charge in [-0.3, -0.25) is 9.89 Å². The van der Waals surface area contributed by atoms with E-state index in [-0.39, 0.29) is 5.82 Å². The highest BCUT2D eigenvalue weighted by atomic mass is 19.1. The van der Waals surface area contributed by atoms with Crippen molar-refractivity contribution in [3.05, 3.63) is 59.9 Å². The van der Waals surface area contributed by atoms with Crippen molar-refractivity contribution in [2.24, 2.45) is 10.7 Å². The fourth-order valence-corrected chi connectivity index (χ4v) is 3.02. The normalized spacial score (nSPS) is 15.9. The molecule has 0 spiro atoms. The van der Waals surface area contributed by atoms with Crippen LogP contribution in [0.3, 0.4) is 0 Å². The van der Waals surface area contributed by atoms with E-state index < -0.39 is 0 Å². The Morgan fingerprint density at radius 3 is 2.35 bits per heavy atom. The zero-order chi connectivity index (χ0) is 18.4. The highest BCUT2D eigenvalue weighted by molar-refractivity contribution is 5.92. The maximum absolute atomic E-state index is 13.0. The van der Waals surface area contributed by atoms with Crippen LogP contribution in [0.5, 0.6) is 0 Å². The van der Waals surface area contributed by atoms with Gasteiger partial charge in [-0.25, -0.2) is 4.39 Å². The second-order valence-electron chi connectivity index (χ2n) is 6.56. The van der Waals surface area contributed by atoms with Crippen molar-refractivity contribution in [1.82, 2.24) is 4.90 Å². The Balaban J connectivity index is 1.40. The van der Waals surface area contributed by atoms with Gasteiger partial charge >= 0.3 is 0 Å². The molecule has 1 aliphatic rings. The van der Waals surface area contributed by atoms with Gasteiger partial charge in [-0.2, -0.15) is 0 Å². The third-order valence-corrected chi connectivity index (χ3v) is 4.59. The van der Waals surface area contributed by atoms with Crippen molar-refractivity contribution in [2.45, 2.75) is 6.92 Å². The summed E-state index contributed by atoms with van der Waals surface area (Å²) < 4.78 is 13.0. The predicted molar refractivity (Wildman–Crippen MR) is 106 cm³/mol. The molecule has 0 radical (unpaired) electrons. The number of benzene rings is 2. The highest BCUT2D eigenvalue weighted by Gasteiger charge is 2.16. The number of nitrogens with two attached hydrogens (primary N) is 1. The van der Waals surface area contributed by atoms with Gasteiger partial charge in [0.1, 0.15) is 5.82 Å². The van der Waals surface area contributed by atoms with E-state index in [4.69, 9.17) is 5.73 Å². The van der Waals surface area contributed by atoms with Crippen molar-refractivity contribution in [2.75, 3.05) is 49.5 Å². The maximum atomic E-state index is 13.0. The number of aliphatic imine (C=N–C) groups is 1. The molecule has 1 saturated heterocycles. The molecule has 0 saturated carbocycles. The van der Waals surface area contributed by atoms with E-state index in [0.29, 0.717) is 12.5 Å². The molecule has 1 aliphatic heterocycles. The van der Waals surface area contributed by atoms with Crippen LogP contribution < -0.4 is 16.0 Å². The minimum Gasteiger partial charge on any atom is -0.370 e. The minimum atomic E-state index is -0.193. The van der Waals surface area contributed by atoms with Crippen LogP contribution in [0.4, 0.5) is 15.8 Å². The SMILES string of the molecule is Cc1ccc(NC(N)=NCCN2CCN(c3ccc(F)cc3)CC2)cc1. The first-order chi connectivity index (χ1) is 12.6. The highest BCUT2D eigenvalue weighted by Crippen LogP contribution is 2.16. The molecule has 0 atom stereocenters. The monoisotopic (exact) mass is 355 g/mol. The first-order valence-corrected chi connectivity index (χ1v) is 8.96. The Morgan fingerprint density at radius 1 is 1.04 bits per heavy atom. The lowest BCUT2D eigenvalue weighted by atomic mass is 10.2. The molecule has 2 aromatic carbocycles. The van der Waals surface area contributed by atoms with Crippen LogP contribution in [0.1, 0.15) is 5.56 Å². The average Bonchev–Trinajstić information content (AvgIpc) is 2.65. The van der Waals surface area contributed by atoms with Crippen molar-refractivity contribution in [3.8, 4) is 0 Å². The van der Waals surface area contributed by atoms with Crippen LogP contribution in [0.2, 0.25) is 0 Å². The lowest BCUT2D eigenvalue weighted by Crippen LogP contribution is -2.47. The molecule has 26 heavy (non-hydrogen) atoms. The van der Waals surface area contributed by atoms with Crippen molar-refractivity contribution in [3.63, 3.8) is 0 Å². The van der Waals surface area contributed by atoms with E-state index in [2.05, 4.69) is 27.0 Å². The molecule has 5 nitrogen and oxygen atoms in total. The number of guanidine groups is 1. The number of anilines is 2. The Labute approximate surface area is 154 Å². The van der Waals surface area contributed by atoms with Gasteiger partial charge in [-0.05, 0) is 43.3 Å². The van der Waals surface area contributed by atoms with Gasteiger partial charge in [0.15, 0.2) is 5.96 Å². The molecule has 2 aromatic rings. The van der Waals surface area contributed by atoms with E-state index in [1.54, 1.807) is 0 Å². The van der Waals surface area contributed by atoms with Gasteiger partial charge in [0.2, 0.25) is 0 Å². The van der Waals surface area contributed by atoms with Gasteiger partial charge < -0.3 is 16.0 Å². The molecule has 3 N–H and O–H groups in total. The molecule has 0 amide bonds. The summed E-state index contributed by atoms with van der Waals surface area (Å²) in [4.78, 5) is 9.07. The quantitative estimate of drug-likeness (QED) is 0.640. The average molecular weight is 355 g/mol. The Morgan fingerprint density at radius 2 is 1.69 bits per heavy atom. The fraction of sp³-hybridized carbons (Fsp3) is 0.350. The van der Waals surface area contributed by atoms with Crippen LogP contribution in [0, 0.1) is 12.7 Å².